The third kappa shape index (κ3) is 48.1. The van der Waals surface area contributed by atoms with E-state index in [1.54, 1.807) is 0 Å². The number of carbonyl (C=O) groups excluding carboxylic acids is 2. The Labute approximate surface area is 377 Å². The number of phosphoric ester groups is 1. The molecule has 1 N–H and O–H groups in total. The monoisotopic (exact) mass is 887 g/mol. The molecule has 0 spiro atoms. The molecule has 0 bridgehead atoms. The number of esters is 2. The largest absolute Gasteiger partial charge is 0.472 e. The maximum absolute atomic E-state index is 12.7. The van der Waals surface area contributed by atoms with Gasteiger partial charge >= 0.3 is 19.8 Å². The van der Waals surface area contributed by atoms with Crippen LogP contribution in [0.2, 0.25) is 0 Å². The highest BCUT2D eigenvalue weighted by atomic mass is 31.2. The van der Waals surface area contributed by atoms with Crippen molar-refractivity contribution in [2.75, 3.05) is 47.5 Å². The fraction of sp³-hybridized carbons (Fsp3) is 0.922. The lowest BCUT2D eigenvalue weighted by molar-refractivity contribution is -0.870. The number of phosphoric acid groups is 1. The standard InChI is InChI=1S/C51H100NO8P/c1-6-8-10-12-14-16-18-20-22-23-24-25-26-27-28-30-31-33-35-37-39-41-43-50(53)57-47-49(48-59-61(55,56)58-46-45-52(3,4)5)60-51(54)44-42-40-38-36-34-32-29-21-19-17-15-13-11-9-7-2/h7,49H,2,6,8-48H2,1,3-5H3/p+1/t49-/m1/s1. The summed E-state index contributed by atoms with van der Waals surface area (Å²) in [6, 6.07) is 0. The van der Waals surface area contributed by atoms with Crippen molar-refractivity contribution in [3.63, 3.8) is 0 Å². The Balaban J connectivity index is 4.15. The number of quaternary nitrogens is 1. The van der Waals surface area contributed by atoms with Crippen LogP contribution in [-0.2, 0) is 32.7 Å². The summed E-state index contributed by atoms with van der Waals surface area (Å²) in [6.07, 6.45) is 47.3. The van der Waals surface area contributed by atoms with Crippen LogP contribution in [0.1, 0.15) is 251 Å². The van der Waals surface area contributed by atoms with E-state index in [-0.39, 0.29) is 25.6 Å². The molecule has 362 valence electrons. The first kappa shape index (κ1) is 59.8. The maximum atomic E-state index is 12.7. The zero-order valence-electron chi connectivity index (χ0n) is 40.8. The minimum atomic E-state index is -4.37. The zero-order chi connectivity index (χ0) is 45.0. The Hall–Kier alpha value is -1.25. The van der Waals surface area contributed by atoms with Gasteiger partial charge in [0.1, 0.15) is 19.8 Å². The Morgan fingerprint density at radius 1 is 0.525 bits per heavy atom. The molecule has 0 aliphatic carbocycles. The van der Waals surface area contributed by atoms with Gasteiger partial charge in [0.2, 0.25) is 0 Å². The molecule has 9 nitrogen and oxygen atoms in total. The summed E-state index contributed by atoms with van der Waals surface area (Å²) >= 11 is 0. The van der Waals surface area contributed by atoms with Gasteiger partial charge in [-0.3, -0.25) is 18.6 Å². The van der Waals surface area contributed by atoms with Crippen molar-refractivity contribution in [3.8, 4) is 0 Å². The van der Waals surface area contributed by atoms with Crippen LogP contribution in [0.3, 0.4) is 0 Å². The molecular weight excluding hydrogens is 786 g/mol. The van der Waals surface area contributed by atoms with Crippen LogP contribution < -0.4 is 0 Å². The molecule has 0 heterocycles. The number of rotatable bonds is 49. The average molecular weight is 887 g/mol. The Bertz CT molecular complexity index is 1030. The quantitative estimate of drug-likeness (QED) is 0.0212. The van der Waals surface area contributed by atoms with Crippen molar-refractivity contribution in [2.24, 2.45) is 0 Å². The first-order valence-corrected chi connectivity index (χ1v) is 27.4. The summed E-state index contributed by atoms with van der Waals surface area (Å²) < 4.78 is 34.5. The van der Waals surface area contributed by atoms with Crippen LogP contribution in [-0.4, -0.2) is 74.9 Å². The summed E-state index contributed by atoms with van der Waals surface area (Å²) in [7, 11) is 1.49. The molecule has 0 aliphatic heterocycles. The van der Waals surface area contributed by atoms with Gasteiger partial charge in [0, 0.05) is 12.8 Å². The van der Waals surface area contributed by atoms with Gasteiger partial charge in [-0.2, -0.15) is 0 Å². The second-order valence-electron chi connectivity index (χ2n) is 19.0. The highest BCUT2D eigenvalue weighted by Crippen LogP contribution is 2.43. The molecule has 0 amide bonds. The third-order valence-electron chi connectivity index (χ3n) is 11.7. The molecule has 61 heavy (non-hydrogen) atoms. The third-order valence-corrected chi connectivity index (χ3v) is 12.7. The number of carbonyl (C=O) groups is 2. The summed E-state index contributed by atoms with van der Waals surface area (Å²) in [5, 5.41) is 0. The molecule has 0 aromatic heterocycles. The van der Waals surface area contributed by atoms with E-state index in [4.69, 9.17) is 18.5 Å². The minimum Gasteiger partial charge on any atom is -0.462 e. The fourth-order valence-corrected chi connectivity index (χ4v) is 8.39. The normalized spacial score (nSPS) is 13.3. The first-order valence-electron chi connectivity index (χ1n) is 25.9. The molecule has 1 unspecified atom stereocenters. The second kappa shape index (κ2) is 44.0. The van der Waals surface area contributed by atoms with E-state index in [0.717, 1.165) is 38.5 Å². The predicted molar refractivity (Wildman–Crippen MR) is 257 cm³/mol. The molecule has 0 saturated heterocycles. The zero-order valence-corrected chi connectivity index (χ0v) is 41.7. The molecule has 0 aliphatic rings. The van der Waals surface area contributed by atoms with E-state index in [0.29, 0.717) is 23.9 Å². The number of hydrogen-bond acceptors (Lipinski definition) is 7. The molecule has 0 aromatic carbocycles. The van der Waals surface area contributed by atoms with E-state index in [1.165, 1.54) is 186 Å². The van der Waals surface area contributed by atoms with Crippen molar-refractivity contribution in [1.29, 1.82) is 0 Å². The minimum absolute atomic E-state index is 0.0347. The highest BCUT2D eigenvalue weighted by molar-refractivity contribution is 7.47. The highest BCUT2D eigenvalue weighted by Gasteiger charge is 2.27. The van der Waals surface area contributed by atoms with Gasteiger partial charge in [-0.25, -0.2) is 4.57 Å². The van der Waals surface area contributed by atoms with Gasteiger partial charge in [0.25, 0.3) is 0 Å². The number of ether oxygens (including phenoxy) is 2. The Kier molecular flexibility index (Phi) is 43.1. The van der Waals surface area contributed by atoms with Gasteiger partial charge < -0.3 is 18.9 Å². The molecule has 0 rings (SSSR count). The number of nitrogens with zero attached hydrogens (tertiary/aromatic N) is 1. The van der Waals surface area contributed by atoms with Crippen LogP contribution in [0.4, 0.5) is 0 Å². The predicted octanol–water partition coefficient (Wildman–Crippen LogP) is 15.3. The number of likely N-dealkylation sites (N-methyl/N-ethyl adjacent to an activating group) is 1. The van der Waals surface area contributed by atoms with Crippen LogP contribution in [0.15, 0.2) is 12.7 Å². The van der Waals surface area contributed by atoms with Crippen molar-refractivity contribution in [1.82, 2.24) is 0 Å². The molecule has 0 radical (unpaired) electrons. The van der Waals surface area contributed by atoms with E-state index in [9.17, 15) is 19.0 Å². The van der Waals surface area contributed by atoms with Gasteiger partial charge in [-0.05, 0) is 25.7 Å². The summed E-state index contributed by atoms with van der Waals surface area (Å²) in [4.78, 5) is 35.5. The lowest BCUT2D eigenvalue weighted by Gasteiger charge is -2.24. The van der Waals surface area contributed by atoms with E-state index in [1.807, 2.05) is 27.2 Å². The van der Waals surface area contributed by atoms with E-state index in [2.05, 4.69) is 13.5 Å². The van der Waals surface area contributed by atoms with Crippen LogP contribution in [0, 0.1) is 0 Å². The second-order valence-corrected chi connectivity index (χ2v) is 20.5. The molecular formula is C51H101NO8P+. The number of hydrogen-bond donors (Lipinski definition) is 1. The van der Waals surface area contributed by atoms with Crippen LogP contribution >= 0.6 is 7.82 Å². The Morgan fingerprint density at radius 3 is 1.23 bits per heavy atom. The topological polar surface area (TPSA) is 108 Å². The fourth-order valence-electron chi connectivity index (χ4n) is 7.64. The molecule has 0 fully saturated rings. The molecule has 2 atom stereocenters. The SMILES string of the molecule is C=CCCCCCCCCCCCCCCCC(=O)O[C@H](COC(=O)CCCCCCCCCCCCCCCCCCCCCCCC)COP(=O)(O)OCC[N+](C)(C)C. The van der Waals surface area contributed by atoms with Crippen molar-refractivity contribution in [3.05, 3.63) is 12.7 Å². The van der Waals surface area contributed by atoms with Gasteiger partial charge in [-0.1, -0.05) is 218 Å². The first-order chi connectivity index (χ1) is 29.5. The van der Waals surface area contributed by atoms with Crippen molar-refractivity contribution in [2.45, 2.75) is 257 Å². The van der Waals surface area contributed by atoms with Crippen LogP contribution in [0.25, 0.3) is 0 Å². The average Bonchev–Trinajstić information content (AvgIpc) is 3.21. The number of unbranched alkanes of at least 4 members (excludes halogenated alkanes) is 34. The number of allylic oxidation sites excluding steroid dienone is 1. The maximum Gasteiger partial charge on any atom is 0.472 e. The van der Waals surface area contributed by atoms with Crippen molar-refractivity contribution >= 4 is 19.8 Å². The van der Waals surface area contributed by atoms with E-state index < -0.39 is 26.5 Å². The van der Waals surface area contributed by atoms with Crippen LogP contribution in [0.5, 0.6) is 0 Å². The lowest BCUT2D eigenvalue weighted by Crippen LogP contribution is -2.37. The van der Waals surface area contributed by atoms with E-state index >= 15 is 0 Å². The van der Waals surface area contributed by atoms with Gasteiger partial charge in [0.15, 0.2) is 6.10 Å². The molecule has 0 aromatic rings. The van der Waals surface area contributed by atoms with Gasteiger partial charge in [0.05, 0.1) is 27.7 Å². The summed E-state index contributed by atoms with van der Waals surface area (Å²) in [5.74, 6) is -0.785. The smallest absolute Gasteiger partial charge is 0.462 e. The lowest BCUT2D eigenvalue weighted by atomic mass is 10.0. The van der Waals surface area contributed by atoms with Gasteiger partial charge in [-0.15, -0.1) is 6.58 Å². The Morgan fingerprint density at radius 2 is 0.869 bits per heavy atom. The summed E-state index contributed by atoms with van der Waals surface area (Å²) in [6.45, 7) is 6.00. The molecule has 0 saturated carbocycles. The molecule has 10 heteroatoms. The summed E-state index contributed by atoms with van der Waals surface area (Å²) in [5.41, 5.74) is 0. The van der Waals surface area contributed by atoms with Crippen molar-refractivity contribution < 1.29 is 42.1 Å².